The van der Waals surface area contributed by atoms with Crippen LogP contribution < -0.4 is 0 Å². The third-order valence-electron chi connectivity index (χ3n) is 1.87. The number of thioether (sulfide) groups is 1. The van der Waals surface area contributed by atoms with Crippen LogP contribution in [-0.2, 0) is 9.53 Å². The molecule has 13 heavy (non-hydrogen) atoms. The lowest BCUT2D eigenvalue weighted by Gasteiger charge is -2.06. The minimum Gasteiger partial charge on any atom is -0.359 e. The molecule has 0 N–H and O–H groups in total. The molecule has 0 amide bonds. The summed E-state index contributed by atoms with van der Waals surface area (Å²) in [5, 5.41) is 0. The fraction of sp³-hybridized carbons (Fsp3) is 0.300. The highest BCUT2D eigenvalue weighted by molar-refractivity contribution is 8.00. The Morgan fingerprint density at radius 1 is 1.31 bits per heavy atom. The Bertz CT molecular complexity index is 297. The topological polar surface area (TPSA) is 26.3 Å². The van der Waals surface area contributed by atoms with Gasteiger partial charge in [-0.05, 0) is 12.1 Å². The molecule has 1 heterocycles. The number of ether oxygens (including phenoxy) is 1. The molecule has 1 atom stereocenters. The van der Waals surface area contributed by atoms with Crippen LogP contribution in [0.2, 0.25) is 0 Å². The van der Waals surface area contributed by atoms with E-state index in [0.29, 0.717) is 13.0 Å². The van der Waals surface area contributed by atoms with Crippen LogP contribution in [0.25, 0.3) is 0 Å². The van der Waals surface area contributed by atoms with Crippen molar-refractivity contribution in [2.75, 3.05) is 6.61 Å². The van der Waals surface area contributed by atoms with Crippen LogP contribution in [-0.4, -0.2) is 17.8 Å². The maximum absolute atomic E-state index is 11.2. The summed E-state index contributed by atoms with van der Waals surface area (Å²) in [6, 6.07) is 9.85. The van der Waals surface area contributed by atoms with Gasteiger partial charge in [-0.25, -0.2) is 0 Å². The summed E-state index contributed by atoms with van der Waals surface area (Å²) in [5.41, 5.74) is -0.276. The molecule has 1 fully saturated rings. The summed E-state index contributed by atoms with van der Waals surface area (Å²) in [4.78, 5) is 12.3. The lowest BCUT2D eigenvalue weighted by atomic mass is 10.4. The van der Waals surface area contributed by atoms with Gasteiger partial charge in [0, 0.05) is 11.3 Å². The van der Waals surface area contributed by atoms with E-state index < -0.39 is 0 Å². The molecule has 0 spiro atoms. The Kier molecular flexibility index (Phi) is 2.66. The van der Waals surface area contributed by atoms with Gasteiger partial charge in [0.1, 0.15) is 0 Å². The maximum atomic E-state index is 11.2. The second-order valence-electron chi connectivity index (χ2n) is 2.85. The number of ketones is 1. The monoisotopic (exact) mass is 194 g/mol. The van der Waals surface area contributed by atoms with E-state index in [1.165, 1.54) is 11.8 Å². The van der Waals surface area contributed by atoms with E-state index >= 15 is 0 Å². The molecule has 1 aromatic rings. The van der Waals surface area contributed by atoms with Gasteiger partial charge in [-0.3, -0.25) is 4.79 Å². The minimum atomic E-state index is -0.276. The fourth-order valence-electron chi connectivity index (χ4n) is 1.20. The molecule has 0 aromatic heterocycles. The smallest absolute Gasteiger partial charge is 0.174 e. The molecule has 0 radical (unpaired) electrons. The average molecular weight is 194 g/mol. The van der Waals surface area contributed by atoms with Gasteiger partial charge in [0.05, 0.1) is 6.61 Å². The largest absolute Gasteiger partial charge is 0.359 e. The van der Waals surface area contributed by atoms with E-state index in [2.05, 4.69) is 0 Å². The zero-order chi connectivity index (χ0) is 9.10. The zero-order valence-electron chi connectivity index (χ0n) is 7.10. The summed E-state index contributed by atoms with van der Waals surface area (Å²) in [5.74, 6) is 0.203. The number of hydrogen-bond donors (Lipinski definition) is 0. The van der Waals surface area contributed by atoms with Gasteiger partial charge in [-0.2, -0.15) is 0 Å². The molecular weight excluding hydrogens is 184 g/mol. The van der Waals surface area contributed by atoms with E-state index in [-0.39, 0.29) is 11.2 Å². The van der Waals surface area contributed by atoms with Crippen molar-refractivity contribution in [2.24, 2.45) is 0 Å². The summed E-state index contributed by atoms with van der Waals surface area (Å²) in [7, 11) is 0. The molecule has 2 nitrogen and oxygen atoms in total. The molecule has 2 rings (SSSR count). The number of Topliss-reactive ketones (excluding diaryl/α,β-unsaturated/α-hetero) is 1. The van der Waals surface area contributed by atoms with E-state index in [9.17, 15) is 4.79 Å². The Morgan fingerprint density at radius 2 is 2.08 bits per heavy atom. The predicted octanol–water partition coefficient (Wildman–Crippen LogP) is 2.09. The van der Waals surface area contributed by atoms with Crippen molar-refractivity contribution >= 4 is 17.5 Å². The molecule has 1 aliphatic heterocycles. The van der Waals surface area contributed by atoms with Gasteiger partial charge in [0.25, 0.3) is 0 Å². The van der Waals surface area contributed by atoms with Crippen molar-refractivity contribution in [3.8, 4) is 0 Å². The van der Waals surface area contributed by atoms with Gasteiger partial charge in [0.15, 0.2) is 11.2 Å². The number of hydrogen-bond acceptors (Lipinski definition) is 3. The summed E-state index contributed by atoms with van der Waals surface area (Å²) < 4.78 is 5.28. The molecule has 1 saturated heterocycles. The summed E-state index contributed by atoms with van der Waals surface area (Å²) >= 11 is 1.49. The van der Waals surface area contributed by atoms with E-state index in [1.807, 2.05) is 30.3 Å². The Hall–Kier alpha value is -0.800. The van der Waals surface area contributed by atoms with Crippen molar-refractivity contribution in [1.82, 2.24) is 0 Å². The number of carbonyl (C=O) groups excluding carboxylic acids is 1. The summed E-state index contributed by atoms with van der Waals surface area (Å²) in [6.45, 7) is 0.573. The van der Waals surface area contributed by atoms with E-state index in [1.54, 1.807) is 0 Å². The van der Waals surface area contributed by atoms with Gasteiger partial charge in [-0.15, -0.1) is 0 Å². The number of rotatable bonds is 2. The van der Waals surface area contributed by atoms with E-state index in [0.717, 1.165) is 4.90 Å². The average Bonchev–Trinajstić information content (AvgIpc) is 2.54. The predicted molar refractivity (Wildman–Crippen MR) is 51.7 cm³/mol. The molecular formula is C10H10O2S. The molecule has 1 aliphatic rings. The highest BCUT2D eigenvalue weighted by Crippen LogP contribution is 2.28. The SMILES string of the molecule is O=C1CCOC1Sc1ccccc1. The first-order valence-corrected chi connectivity index (χ1v) is 5.10. The molecule has 0 saturated carbocycles. The van der Waals surface area contributed by atoms with Crippen LogP contribution in [0.4, 0.5) is 0 Å². The first-order valence-electron chi connectivity index (χ1n) is 4.22. The molecule has 1 aromatic carbocycles. The molecule has 3 heteroatoms. The standard InChI is InChI=1S/C10H10O2S/c11-9-6-7-12-10(9)13-8-4-2-1-3-5-8/h1-5,10H,6-7H2. The second-order valence-corrected chi connectivity index (χ2v) is 3.99. The van der Waals surface area contributed by atoms with Crippen molar-refractivity contribution in [1.29, 1.82) is 0 Å². The number of carbonyl (C=O) groups is 1. The quantitative estimate of drug-likeness (QED) is 0.721. The normalized spacial score (nSPS) is 22.2. The Morgan fingerprint density at radius 3 is 2.69 bits per heavy atom. The zero-order valence-corrected chi connectivity index (χ0v) is 7.92. The third kappa shape index (κ3) is 2.11. The van der Waals surface area contributed by atoms with Crippen molar-refractivity contribution < 1.29 is 9.53 Å². The molecule has 1 unspecified atom stereocenters. The van der Waals surface area contributed by atoms with Crippen LogP contribution in [0.1, 0.15) is 6.42 Å². The van der Waals surface area contributed by atoms with Crippen LogP contribution in [0.5, 0.6) is 0 Å². The van der Waals surface area contributed by atoms with Crippen LogP contribution >= 0.6 is 11.8 Å². The van der Waals surface area contributed by atoms with Gasteiger partial charge < -0.3 is 4.74 Å². The van der Waals surface area contributed by atoms with Crippen LogP contribution in [0.3, 0.4) is 0 Å². The van der Waals surface area contributed by atoms with Gasteiger partial charge in [-0.1, -0.05) is 30.0 Å². The van der Waals surface area contributed by atoms with Crippen molar-refractivity contribution in [3.05, 3.63) is 30.3 Å². The van der Waals surface area contributed by atoms with Gasteiger partial charge in [0.2, 0.25) is 0 Å². The Balaban J connectivity index is 2.02. The van der Waals surface area contributed by atoms with Crippen molar-refractivity contribution in [3.63, 3.8) is 0 Å². The molecule has 68 valence electrons. The maximum Gasteiger partial charge on any atom is 0.174 e. The number of benzene rings is 1. The van der Waals surface area contributed by atoms with Crippen LogP contribution in [0, 0.1) is 0 Å². The van der Waals surface area contributed by atoms with E-state index in [4.69, 9.17) is 4.74 Å². The minimum absolute atomic E-state index is 0.203. The molecule has 0 aliphatic carbocycles. The van der Waals surface area contributed by atoms with Crippen LogP contribution in [0.15, 0.2) is 35.2 Å². The first-order chi connectivity index (χ1) is 6.36. The lowest BCUT2D eigenvalue weighted by molar-refractivity contribution is -0.119. The Labute approximate surface area is 81.3 Å². The summed E-state index contributed by atoms with van der Waals surface area (Å²) in [6.07, 6.45) is 0.560. The van der Waals surface area contributed by atoms with Crippen molar-refractivity contribution in [2.45, 2.75) is 16.8 Å². The highest BCUT2D eigenvalue weighted by atomic mass is 32.2. The highest BCUT2D eigenvalue weighted by Gasteiger charge is 2.25. The second kappa shape index (κ2) is 3.94. The third-order valence-corrected chi connectivity index (χ3v) is 3.02. The molecule has 0 bridgehead atoms. The lowest BCUT2D eigenvalue weighted by Crippen LogP contribution is -2.09. The fourth-order valence-corrected chi connectivity index (χ4v) is 2.17. The van der Waals surface area contributed by atoms with Gasteiger partial charge >= 0.3 is 0 Å². The first kappa shape index (κ1) is 8.78.